The maximum Gasteiger partial charge on any atom is 0.173 e. The van der Waals surface area contributed by atoms with Gasteiger partial charge in [-0.2, -0.15) is 5.26 Å². The van der Waals surface area contributed by atoms with E-state index in [4.69, 9.17) is 5.26 Å². The Hall–Kier alpha value is -0.890. The van der Waals surface area contributed by atoms with Crippen molar-refractivity contribution in [1.29, 1.82) is 5.26 Å². The van der Waals surface area contributed by atoms with Crippen molar-refractivity contribution in [3.8, 4) is 6.07 Å². The minimum atomic E-state index is 0.440. The zero-order valence-corrected chi connectivity index (χ0v) is 6.25. The van der Waals surface area contributed by atoms with Crippen LogP contribution in [0.2, 0.25) is 0 Å². The topological polar surface area (TPSA) is 54.5 Å². The van der Waals surface area contributed by atoms with Crippen LogP contribution in [0.25, 0.3) is 0 Å². The molecule has 0 unspecified atom stereocenters. The van der Waals surface area contributed by atoms with Gasteiger partial charge in [-0.1, -0.05) is 5.21 Å². The molecule has 0 aliphatic rings. The maximum absolute atomic E-state index is 8.41. The Morgan fingerprint density at radius 3 is 2.67 bits per heavy atom. The molecule has 0 saturated carbocycles. The van der Waals surface area contributed by atoms with Crippen LogP contribution in [0.4, 0.5) is 0 Å². The molecule has 0 bridgehead atoms. The van der Waals surface area contributed by atoms with E-state index >= 15 is 0 Å². The first-order valence-corrected chi connectivity index (χ1v) is 3.00. The molecule has 0 aliphatic heterocycles. The van der Waals surface area contributed by atoms with Gasteiger partial charge in [0.25, 0.3) is 0 Å². The van der Waals surface area contributed by atoms with E-state index in [1.807, 2.05) is 6.07 Å². The molecule has 1 heterocycles. The highest BCUT2D eigenvalue weighted by Gasteiger charge is 2.03. The zero-order chi connectivity index (χ0) is 6.85. The van der Waals surface area contributed by atoms with Gasteiger partial charge in [0.15, 0.2) is 10.3 Å². The summed E-state index contributed by atoms with van der Waals surface area (Å²) in [5, 5.41) is 15.6. The molecule has 0 aromatic carbocycles. The van der Waals surface area contributed by atoms with Crippen LogP contribution in [-0.2, 0) is 7.05 Å². The van der Waals surface area contributed by atoms with Gasteiger partial charge >= 0.3 is 0 Å². The third kappa shape index (κ3) is 0.933. The van der Waals surface area contributed by atoms with E-state index in [1.54, 1.807) is 7.05 Å². The van der Waals surface area contributed by atoms with Crippen LogP contribution in [0.3, 0.4) is 0 Å². The summed E-state index contributed by atoms with van der Waals surface area (Å²) >= 11 is 3.06. The largest absolute Gasteiger partial charge is 0.237 e. The first-order valence-electron chi connectivity index (χ1n) is 2.21. The molecule has 0 fully saturated rings. The highest BCUT2D eigenvalue weighted by molar-refractivity contribution is 9.10. The summed E-state index contributed by atoms with van der Waals surface area (Å²) in [6.45, 7) is 0. The van der Waals surface area contributed by atoms with Crippen LogP contribution in [-0.4, -0.2) is 15.0 Å². The zero-order valence-electron chi connectivity index (χ0n) is 4.67. The normalized spacial score (nSPS) is 9.00. The molecule has 0 spiro atoms. The number of nitriles is 1. The number of hydrogen-bond donors (Lipinski definition) is 0. The Bertz CT molecular complexity index is 239. The SMILES string of the molecule is Cn1nnc(Br)c1C#N. The number of aryl methyl sites for hydroxylation is 1. The predicted octanol–water partition coefficient (Wildman–Crippen LogP) is 0.449. The van der Waals surface area contributed by atoms with Crippen LogP contribution in [0, 0.1) is 11.3 Å². The van der Waals surface area contributed by atoms with Gasteiger partial charge < -0.3 is 0 Å². The lowest BCUT2D eigenvalue weighted by atomic mass is 10.5. The predicted molar refractivity (Wildman–Crippen MR) is 33.4 cm³/mol. The monoisotopic (exact) mass is 186 g/mol. The summed E-state index contributed by atoms with van der Waals surface area (Å²) in [7, 11) is 1.66. The Kier molecular flexibility index (Phi) is 1.49. The summed E-state index contributed by atoms with van der Waals surface area (Å²) in [4.78, 5) is 0. The van der Waals surface area contributed by atoms with Crippen molar-refractivity contribution in [2.75, 3.05) is 0 Å². The summed E-state index contributed by atoms with van der Waals surface area (Å²) in [6, 6.07) is 1.93. The molecule has 0 aliphatic carbocycles. The summed E-state index contributed by atoms with van der Waals surface area (Å²) in [5.74, 6) is 0. The van der Waals surface area contributed by atoms with Crippen LogP contribution >= 0.6 is 15.9 Å². The van der Waals surface area contributed by atoms with Gasteiger partial charge in [0, 0.05) is 7.05 Å². The summed E-state index contributed by atoms with van der Waals surface area (Å²) in [6.07, 6.45) is 0. The van der Waals surface area contributed by atoms with E-state index in [2.05, 4.69) is 26.2 Å². The van der Waals surface area contributed by atoms with Crippen molar-refractivity contribution in [1.82, 2.24) is 15.0 Å². The molecule has 0 radical (unpaired) electrons. The molecule has 0 atom stereocenters. The standard InChI is InChI=1S/C4H3BrN4/c1-9-3(2-6)4(5)7-8-9/h1H3. The molecule has 0 saturated heterocycles. The van der Waals surface area contributed by atoms with Crippen molar-refractivity contribution < 1.29 is 0 Å². The highest BCUT2D eigenvalue weighted by Crippen LogP contribution is 2.08. The molecule has 0 N–H and O–H groups in total. The number of aromatic nitrogens is 3. The number of rotatable bonds is 0. The molecular formula is C4H3BrN4. The van der Waals surface area contributed by atoms with Crippen LogP contribution in [0.5, 0.6) is 0 Å². The lowest BCUT2D eigenvalue weighted by molar-refractivity contribution is 0.707. The number of hydrogen-bond acceptors (Lipinski definition) is 3. The van der Waals surface area contributed by atoms with Crippen molar-refractivity contribution in [2.45, 2.75) is 0 Å². The van der Waals surface area contributed by atoms with E-state index in [-0.39, 0.29) is 0 Å². The van der Waals surface area contributed by atoms with E-state index in [0.29, 0.717) is 10.3 Å². The molecule has 1 aromatic rings. The van der Waals surface area contributed by atoms with Crippen LogP contribution < -0.4 is 0 Å². The first-order chi connectivity index (χ1) is 4.25. The summed E-state index contributed by atoms with van der Waals surface area (Å²) < 4.78 is 1.90. The Balaban J connectivity index is 3.27. The van der Waals surface area contributed by atoms with Gasteiger partial charge in [-0.3, -0.25) is 0 Å². The van der Waals surface area contributed by atoms with Gasteiger partial charge in [-0.15, -0.1) is 5.10 Å². The fourth-order valence-electron chi connectivity index (χ4n) is 0.450. The molecule has 4 nitrogen and oxygen atoms in total. The first kappa shape index (κ1) is 6.23. The fraction of sp³-hybridized carbons (Fsp3) is 0.250. The lowest BCUT2D eigenvalue weighted by Crippen LogP contribution is -1.93. The minimum Gasteiger partial charge on any atom is -0.237 e. The molecule has 1 rings (SSSR count). The molecule has 1 aromatic heterocycles. The van der Waals surface area contributed by atoms with E-state index in [9.17, 15) is 0 Å². The fourth-order valence-corrected chi connectivity index (χ4v) is 0.867. The van der Waals surface area contributed by atoms with E-state index in [1.165, 1.54) is 4.68 Å². The quantitative estimate of drug-likeness (QED) is 0.592. The van der Waals surface area contributed by atoms with Crippen molar-refractivity contribution >= 4 is 15.9 Å². The highest BCUT2D eigenvalue weighted by atomic mass is 79.9. The third-order valence-electron chi connectivity index (χ3n) is 0.892. The Labute approximate surface area is 60.2 Å². The number of halogens is 1. The van der Waals surface area contributed by atoms with Gasteiger partial charge in [0.2, 0.25) is 0 Å². The smallest absolute Gasteiger partial charge is 0.173 e. The third-order valence-corrected chi connectivity index (χ3v) is 1.43. The van der Waals surface area contributed by atoms with Crippen molar-refractivity contribution in [2.24, 2.45) is 7.05 Å². The molecule has 9 heavy (non-hydrogen) atoms. The average Bonchev–Trinajstić information content (AvgIpc) is 2.12. The molecule has 5 heteroatoms. The van der Waals surface area contributed by atoms with Crippen molar-refractivity contribution in [3.63, 3.8) is 0 Å². The summed E-state index contributed by atoms with van der Waals surface area (Å²) in [5.41, 5.74) is 0.440. The van der Waals surface area contributed by atoms with Crippen LogP contribution in [0.1, 0.15) is 5.69 Å². The second-order valence-corrected chi connectivity index (χ2v) is 2.22. The maximum atomic E-state index is 8.41. The van der Waals surface area contributed by atoms with E-state index < -0.39 is 0 Å². The van der Waals surface area contributed by atoms with Gasteiger partial charge in [0.05, 0.1) is 0 Å². The van der Waals surface area contributed by atoms with Gasteiger partial charge in [-0.05, 0) is 15.9 Å². The second kappa shape index (κ2) is 2.15. The molecule has 0 amide bonds. The average molecular weight is 187 g/mol. The van der Waals surface area contributed by atoms with Crippen LogP contribution in [0.15, 0.2) is 4.60 Å². The van der Waals surface area contributed by atoms with Gasteiger partial charge in [0.1, 0.15) is 6.07 Å². The Morgan fingerprint density at radius 2 is 2.44 bits per heavy atom. The number of nitrogens with zero attached hydrogens (tertiary/aromatic N) is 4. The molecule has 46 valence electrons. The van der Waals surface area contributed by atoms with E-state index in [0.717, 1.165) is 0 Å². The molecular weight excluding hydrogens is 184 g/mol. The Morgan fingerprint density at radius 1 is 1.78 bits per heavy atom. The lowest BCUT2D eigenvalue weighted by Gasteiger charge is -1.83. The van der Waals surface area contributed by atoms with Gasteiger partial charge in [-0.25, -0.2) is 4.68 Å². The minimum absolute atomic E-state index is 0.440. The second-order valence-electron chi connectivity index (χ2n) is 1.46. The van der Waals surface area contributed by atoms with Crippen molar-refractivity contribution in [3.05, 3.63) is 10.3 Å².